The normalized spacial score (nSPS) is 13.8. The van der Waals surface area contributed by atoms with Gasteiger partial charge < -0.3 is 0 Å². The number of aromatic nitrogens is 3. The van der Waals surface area contributed by atoms with E-state index in [1.54, 1.807) is 11.3 Å². The summed E-state index contributed by atoms with van der Waals surface area (Å²) in [5, 5.41) is 3.61. The van der Waals surface area contributed by atoms with Gasteiger partial charge >= 0.3 is 0 Å². The molecule has 1 aliphatic carbocycles. The molecule has 0 atom stereocenters. The third-order valence-corrected chi connectivity index (χ3v) is 13.5. The van der Waals surface area contributed by atoms with E-state index in [1.165, 1.54) is 58.6 Å². The first-order valence-electron chi connectivity index (χ1n) is 17.6. The van der Waals surface area contributed by atoms with Gasteiger partial charge in [0.05, 0.1) is 32.4 Å². The van der Waals surface area contributed by atoms with Crippen molar-refractivity contribution in [3.63, 3.8) is 0 Å². The lowest BCUT2D eigenvalue weighted by Gasteiger charge is -2.40. The van der Waals surface area contributed by atoms with Crippen LogP contribution in [0.25, 0.3) is 70.4 Å². The van der Waals surface area contributed by atoms with E-state index in [4.69, 9.17) is 9.97 Å². The van der Waals surface area contributed by atoms with Crippen molar-refractivity contribution in [2.24, 2.45) is 0 Å². The number of nitrogens with zero attached hydrogens (tertiary/aromatic N) is 3. The molecule has 1 aliphatic heterocycles. The van der Waals surface area contributed by atoms with Crippen LogP contribution in [0, 0.1) is 0 Å². The molecule has 0 saturated carbocycles. The monoisotopic (exact) mass is 697 g/mol. The number of thiophene rings is 1. The van der Waals surface area contributed by atoms with Gasteiger partial charge in [0.1, 0.15) is 0 Å². The fraction of sp³-hybridized carbons (Fsp3) is 0.0213. The van der Waals surface area contributed by atoms with Crippen molar-refractivity contribution in [2.75, 3.05) is 0 Å². The highest BCUT2D eigenvalue weighted by Gasteiger charge is 2.50. The molecule has 0 unspecified atom stereocenters. The molecule has 5 heteroatoms. The van der Waals surface area contributed by atoms with Gasteiger partial charge in [0, 0.05) is 36.2 Å². The Morgan fingerprint density at radius 2 is 1.15 bits per heavy atom. The van der Waals surface area contributed by atoms with E-state index in [0.717, 1.165) is 37.9 Å². The van der Waals surface area contributed by atoms with Crippen LogP contribution in [0.15, 0.2) is 174 Å². The Morgan fingerprint density at radius 1 is 0.500 bits per heavy atom. The second-order valence-electron chi connectivity index (χ2n) is 13.6. The van der Waals surface area contributed by atoms with Crippen LogP contribution in [0.1, 0.15) is 22.3 Å². The lowest BCUT2D eigenvalue weighted by atomic mass is 9.67. The number of rotatable bonds is 2. The number of fused-ring (bicyclic) bond motifs is 16. The van der Waals surface area contributed by atoms with Crippen LogP contribution in [0.3, 0.4) is 0 Å². The predicted molar refractivity (Wildman–Crippen MR) is 216 cm³/mol. The third kappa shape index (κ3) is 3.61. The fourth-order valence-electron chi connectivity index (χ4n) is 9.05. The third-order valence-electron chi connectivity index (χ3n) is 11.1. The Morgan fingerprint density at radius 3 is 1.96 bits per heavy atom. The average Bonchev–Trinajstić information content (AvgIpc) is 3.85. The Balaban J connectivity index is 1.22. The van der Waals surface area contributed by atoms with Gasteiger partial charge in [-0.05, 0) is 57.6 Å². The molecule has 0 bridgehead atoms. The van der Waals surface area contributed by atoms with Crippen LogP contribution >= 0.6 is 23.1 Å². The fourth-order valence-corrected chi connectivity index (χ4v) is 11.6. The van der Waals surface area contributed by atoms with Crippen molar-refractivity contribution in [1.29, 1.82) is 0 Å². The SMILES string of the molecule is c1ccc(-c2nc(-n3c4ccccc4c4c5c(ccc43)C3(c4ccccc4S5)c4ccccc4-c4ccccc43)nc3c2sc2ccccc23)cc1. The van der Waals surface area contributed by atoms with Gasteiger partial charge in [0.2, 0.25) is 5.95 Å². The molecule has 0 saturated heterocycles. The molecule has 242 valence electrons. The summed E-state index contributed by atoms with van der Waals surface area (Å²) in [6.07, 6.45) is 0. The Labute approximate surface area is 307 Å². The van der Waals surface area contributed by atoms with E-state index in [0.29, 0.717) is 5.95 Å². The van der Waals surface area contributed by atoms with Crippen molar-refractivity contribution < 1.29 is 0 Å². The standard InChI is InChI=1S/C47H27N3S2/c1-2-14-28(15-3-1)42-45-43(32-19-7-12-24-39(32)51-45)49-46(48-42)50-37-23-11-6-18-31(37)41-38(50)27-26-36-44(41)52-40-25-13-10-22-35(40)47(36)33-20-8-4-16-29(33)30-17-5-9-21-34(30)47/h1-27H. The van der Waals surface area contributed by atoms with Gasteiger partial charge in [-0.2, -0.15) is 0 Å². The Kier molecular flexibility index (Phi) is 5.80. The lowest BCUT2D eigenvalue weighted by Crippen LogP contribution is -2.32. The van der Waals surface area contributed by atoms with Gasteiger partial charge in [-0.15, -0.1) is 11.3 Å². The van der Waals surface area contributed by atoms with Crippen molar-refractivity contribution >= 4 is 65.2 Å². The van der Waals surface area contributed by atoms with Crippen molar-refractivity contribution in [3.8, 4) is 28.3 Å². The van der Waals surface area contributed by atoms with Crippen LogP contribution < -0.4 is 0 Å². The maximum atomic E-state index is 5.44. The number of benzene rings is 7. The van der Waals surface area contributed by atoms with E-state index in [2.05, 4.69) is 168 Å². The molecule has 7 aromatic carbocycles. The van der Waals surface area contributed by atoms with Gasteiger partial charge in [-0.3, -0.25) is 4.57 Å². The summed E-state index contributed by atoms with van der Waals surface area (Å²) in [5.41, 5.74) is 12.8. The van der Waals surface area contributed by atoms with Crippen LogP contribution in [0.2, 0.25) is 0 Å². The van der Waals surface area contributed by atoms with Gasteiger partial charge in [-0.25, -0.2) is 9.97 Å². The molecule has 0 radical (unpaired) electrons. The molecule has 0 N–H and O–H groups in total. The smallest absolute Gasteiger partial charge is 0.235 e. The molecule has 3 nitrogen and oxygen atoms in total. The largest absolute Gasteiger partial charge is 0.278 e. The summed E-state index contributed by atoms with van der Waals surface area (Å²) >= 11 is 3.67. The van der Waals surface area contributed by atoms with Crippen LogP contribution in [-0.4, -0.2) is 14.5 Å². The molecule has 3 aromatic heterocycles. The first kappa shape index (κ1) is 28.7. The van der Waals surface area contributed by atoms with E-state index in [9.17, 15) is 0 Å². The highest BCUT2D eigenvalue weighted by atomic mass is 32.2. The van der Waals surface area contributed by atoms with Crippen molar-refractivity contribution in [1.82, 2.24) is 14.5 Å². The van der Waals surface area contributed by atoms with Crippen LogP contribution in [0.5, 0.6) is 0 Å². The molecule has 0 fully saturated rings. The molecule has 4 heterocycles. The summed E-state index contributed by atoms with van der Waals surface area (Å²) in [6.45, 7) is 0. The summed E-state index contributed by atoms with van der Waals surface area (Å²) in [4.78, 5) is 13.5. The lowest BCUT2D eigenvalue weighted by molar-refractivity contribution is 0.726. The maximum absolute atomic E-state index is 5.44. The molecule has 12 rings (SSSR count). The number of para-hydroxylation sites is 1. The van der Waals surface area contributed by atoms with Gasteiger partial charge in [-0.1, -0.05) is 151 Å². The topological polar surface area (TPSA) is 30.7 Å². The van der Waals surface area contributed by atoms with Crippen LogP contribution in [0.4, 0.5) is 0 Å². The second kappa shape index (κ2) is 10.5. The predicted octanol–water partition coefficient (Wildman–Crippen LogP) is 12.4. The Hall–Kier alpha value is -6.01. The molecular weight excluding hydrogens is 671 g/mol. The summed E-state index contributed by atoms with van der Waals surface area (Å²) in [6, 6.07) is 59.7. The minimum Gasteiger partial charge on any atom is -0.278 e. The zero-order chi connectivity index (χ0) is 34.0. The highest BCUT2D eigenvalue weighted by molar-refractivity contribution is 7.99. The minimum absolute atomic E-state index is 0.437. The zero-order valence-electron chi connectivity index (χ0n) is 27.7. The first-order chi connectivity index (χ1) is 25.8. The number of hydrogen-bond donors (Lipinski definition) is 0. The molecule has 10 aromatic rings. The minimum atomic E-state index is -0.437. The van der Waals surface area contributed by atoms with Gasteiger partial charge in [0.25, 0.3) is 0 Å². The van der Waals surface area contributed by atoms with E-state index >= 15 is 0 Å². The molecule has 2 aliphatic rings. The van der Waals surface area contributed by atoms with Crippen LogP contribution in [-0.2, 0) is 5.41 Å². The molecule has 52 heavy (non-hydrogen) atoms. The van der Waals surface area contributed by atoms with Gasteiger partial charge in [0.15, 0.2) is 0 Å². The van der Waals surface area contributed by atoms with E-state index < -0.39 is 5.41 Å². The van der Waals surface area contributed by atoms with E-state index in [-0.39, 0.29) is 0 Å². The quantitative estimate of drug-likeness (QED) is 0.180. The summed E-state index contributed by atoms with van der Waals surface area (Å²) in [7, 11) is 0. The number of hydrogen-bond acceptors (Lipinski definition) is 4. The second-order valence-corrected chi connectivity index (χ2v) is 15.7. The molecular formula is C47H27N3S2. The first-order valence-corrected chi connectivity index (χ1v) is 19.2. The summed E-state index contributed by atoms with van der Waals surface area (Å²) < 4.78 is 4.63. The maximum Gasteiger partial charge on any atom is 0.235 e. The molecule has 0 amide bonds. The van der Waals surface area contributed by atoms with Crippen molar-refractivity contribution in [2.45, 2.75) is 15.2 Å². The summed E-state index contributed by atoms with van der Waals surface area (Å²) in [5.74, 6) is 0.688. The Bertz CT molecular complexity index is 3070. The molecule has 1 spiro atoms. The van der Waals surface area contributed by atoms with E-state index in [1.807, 2.05) is 11.8 Å². The highest BCUT2D eigenvalue weighted by Crippen LogP contribution is 2.63. The van der Waals surface area contributed by atoms with Crippen molar-refractivity contribution in [3.05, 3.63) is 186 Å². The average molecular weight is 698 g/mol. The zero-order valence-corrected chi connectivity index (χ0v) is 29.4.